The maximum atomic E-state index is 11.9. The molecule has 3 heteroatoms. The SMILES string of the molecule is CC(C)Oc1cccc(-c2ccc(C(=O)N(C)C)cc2)c1. The Bertz CT molecular complexity index is 615. The van der Waals surface area contributed by atoms with E-state index < -0.39 is 0 Å². The molecular weight excluding hydrogens is 262 g/mol. The van der Waals surface area contributed by atoms with Gasteiger partial charge in [-0.05, 0) is 49.2 Å². The molecule has 0 radical (unpaired) electrons. The normalized spacial score (nSPS) is 10.5. The lowest BCUT2D eigenvalue weighted by molar-refractivity contribution is 0.0827. The van der Waals surface area contributed by atoms with Gasteiger partial charge in [-0.25, -0.2) is 0 Å². The van der Waals surface area contributed by atoms with Crippen LogP contribution in [0.4, 0.5) is 0 Å². The van der Waals surface area contributed by atoms with Crippen LogP contribution in [-0.2, 0) is 0 Å². The third-order valence-electron chi connectivity index (χ3n) is 3.08. The van der Waals surface area contributed by atoms with Crippen LogP contribution in [0.3, 0.4) is 0 Å². The zero-order chi connectivity index (χ0) is 15.4. The molecule has 0 N–H and O–H groups in total. The summed E-state index contributed by atoms with van der Waals surface area (Å²) in [6.45, 7) is 4.02. The predicted octanol–water partition coefficient (Wildman–Crippen LogP) is 3.84. The van der Waals surface area contributed by atoms with E-state index in [2.05, 4.69) is 0 Å². The van der Waals surface area contributed by atoms with Gasteiger partial charge < -0.3 is 9.64 Å². The van der Waals surface area contributed by atoms with Crippen LogP contribution in [-0.4, -0.2) is 31.0 Å². The van der Waals surface area contributed by atoms with Crippen molar-refractivity contribution < 1.29 is 9.53 Å². The van der Waals surface area contributed by atoms with Gasteiger partial charge in [-0.15, -0.1) is 0 Å². The Morgan fingerprint density at radius 3 is 2.24 bits per heavy atom. The van der Waals surface area contributed by atoms with Gasteiger partial charge in [0.25, 0.3) is 5.91 Å². The molecule has 0 aliphatic carbocycles. The molecule has 0 spiro atoms. The summed E-state index contributed by atoms with van der Waals surface area (Å²) in [6, 6.07) is 15.6. The topological polar surface area (TPSA) is 29.5 Å². The smallest absolute Gasteiger partial charge is 0.253 e. The molecule has 0 saturated heterocycles. The summed E-state index contributed by atoms with van der Waals surface area (Å²) >= 11 is 0. The number of hydrogen-bond donors (Lipinski definition) is 0. The van der Waals surface area contributed by atoms with Gasteiger partial charge in [-0.1, -0.05) is 24.3 Å². The van der Waals surface area contributed by atoms with Crippen LogP contribution in [0.25, 0.3) is 11.1 Å². The van der Waals surface area contributed by atoms with E-state index in [0.717, 1.165) is 16.9 Å². The highest BCUT2D eigenvalue weighted by Crippen LogP contribution is 2.25. The van der Waals surface area contributed by atoms with Crippen molar-refractivity contribution in [2.45, 2.75) is 20.0 Å². The van der Waals surface area contributed by atoms with E-state index in [9.17, 15) is 4.79 Å². The highest BCUT2D eigenvalue weighted by atomic mass is 16.5. The van der Waals surface area contributed by atoms with E-state index in [4.69, 9.17) is 4.74 Å². The van der Waals surface area contributed by atoms with Crippen molar-refractivity contribution in [3.63, 3.8) is 0 Å². The van der Waals surface area contributed by atoms with Crippen LogP contribution in [0.5, 0.6) is 5.75 Å². The van der Waals surface area contributed by atoms with Crippen LogP contribution < -0.4 is 4.74 Å². The summed E-state index contributed by atoms with van der Waals surface area (Å²) in [5, 5.41) is 0. The zero-order valence-electron chi connectivity index (χ0n) is 13.0. The second kappa shape index (κ2) is 6.44. The van der Waals surface area contributed by atoms with Gasteiger partial charge >= 0.3 is 0 Å². The third-order valence-corrected chi connectivity index (χ3v) is 3.08. The first kappa shape index (κ1) is 15.1. The Balaban J connectivity index is 2.24. The number of carbonyl (C=O) groups is 1. The molecule has 0 fully saturated rings. The molecule has 0 aromatic heterocycles. The van der Waals surface area contributed by atoms with Crippen molar-refractivity contribution in [3.8, 4) is 16.9 Å². The van der Waals surface area contributed by atoms with Crippen molar-refractivity contribution in [2.24, 2.45) is 0 Å². The fraction of sp³-hybridized carbons (Fsp3) is 0.278. The molecule has 0 unspecified atom stereocenters. The summed E-state index contributed by atoms with van der Waals surface area (Å²) in [6.07, 6.45) is 0.153. The Labute approximate surface area is 126 Å². The summed E-state index contributed by atoms with van der Waals surface area (Å²) in [5.74, 6) is 0.870. The maximum absolute atomic E-state index is 11.9. The average Bonchev–Trinajstić information content (AvgIpc) is 2.46. The number of amides is 1. The van der Waals surface area contributed by atoms with Crippen molar-refractivity contribution in [3.05, 3.63) is 54.1 Å². The lowest BCUT2D eigenvalue weighted by Crippen LogP contribution is -2.21. The Hall–Kier alpha value is -2.29. The molecule has 0 atom stereocenters. The summed E-state index contributed by atoms with van der Waals surface area (Å²) in [5.41, 5.74) is 2.84. The number of benzene rings is 2. The first-order chi connectivity index (χ1) is 9.97. The average molecular weight is 283 g/mol. The van der Waals surface area contributed by atoms with Crippen LogP contribution in [0.1, 0.15) is 24.2 Å². The first-order valence-corrected chi connectivity index (χ1v) is 7.06. The second-order valence-corrected chi connectivity index (χ2v) is 5.47. The number of rotatable bonds is 4. The largest absolute Gasteiger partial charge is 0.491 e. The van der Waals surface area contributed by atoms with Gasteiger partial charge in [0, 0.05) is 19.7 Å². The van der Waals surface area contributed by atoms with Gasteiger partial charge in [0.15, 0.2) is 0 Å². The van der Waals surface area contributed by atoms with Crippen molar-refractivity contribution in [1.29, 1.82) is 0 Å². The predicted molar refractivity (Wildman–Crippen MR) is 85.7 cm³/mol. The maximum Gasteiger partial charge on any atom is 0.253 e. The Morgan fingerprint density at radius 2 is 1.67 bits per heavy atom. The molecule has 0 bridgehead atoms. The fourth-order valence-corrected chi connectivity index (χ4v) is 2.08. The number of carbonyl (C=O) groups excluding carboxylic acids is 1. The molecule has 21 heavy (non-hydrogen) atoms. The number of nitrogens with zero attached hydrogens (tertiary/aromatic N) is 1. The van der Waals surface area contributed by atoms with Crippen LogP contribution >= 0.6 is 0 Å². The van der Waals surface area contributed by atoms with E-state index in [1.54, 1.807) is 19.0 Å². The molecule has 0 aliphatic heterocycles. The molecule has 2 aromatic carbocycles. The molecule has 3 nitrogen and oxygen atoms in total. The molecule has 1 amide bonds. The van der Waals surface area contributed by atoms with E-state index in [0.29, 0.717) is 5.56 Å². The minimum absolute atomic E-state index is 0.0124. The number of hydrogen-bond acceptors (Lipinski definition) is 2. The van der Waals surface area contributed by atoms with E-state index in [1.807, 2.05) is 62.4 Å². The van der Waals surface area contributed by atoms with Gasteiger partial charge in [0.2, 0.25) is 0 Å². The van der Waals surface area contributed by atoms with Gasteiger partial charge in [0.1, 0.15) is 5.75 Å². The molecule has 0 saturated carbocycles. The highest BCUT2D eigenvalue weighted by Gasteiger charge is 2.08. The first-order valence-electron chi connectivity index (χ1n) is 7.06. The van der Waals surface area contributed by atoms with Crippen LogP contribution in [0.15, 0.2) is 48.5 Å². The number of ether oxygens (including phenoxy) is 1. The molecule has 0 aliphatic rings. The molecule has 2 aromatic rings. The van der Waals surface area contributed by atoms with Crippen molar-refractivity contribution in [2.75, 3.05) is 14.1 Å². The lowest BCUT2D eigenvalue weighted by Gasteiger charge is -2.12. The monoisotopic (exact) mass is 283 g/mol. The minimum Gasteiger partial charge on any atom is -0.491 e. The Kier molecular flexibility index (Phi) is 4.63. The third kappa shape index (κ3) is 3.85. The van der Waals surface area contributed by atoms with E-state index in [1.165, 1.54) is 0 Å². The molecule has 0 heterocycles. The van der Waals surface area contributed by atoms with E-state index in [-0.39, 0.29) is 12.0 Å². The highest BCUT2D eigenvalue weighted by molar-refractivity contribution is 5.94. The lowest BCUT2D eigenvalue weighted by atomic mass is 10.0. The second-order valence-electron chi connectivity index (χ2n) is 5.47. The fourth-order valence-electron chi connectivity index (χ4n) is 2.08. The molecule has 110 valence electrons. The Morgan fingerprint density at radius 1 is 1.00 bits per heavy atom. The van der Waals surface area contributed by atoms with Crippen molar-refractivity contribution in [1.82, 2.24) is 4.90 Å². The quantitative estimate of drug-likeness (QED) is 0.853. The van der Waals surface area contributed by atoms with Gasteiger partial charge in [-0.2, -0.15) is 0 Å². The standard InChI is InChI=1S/C18H21NO2/c1-13(2)21-17-7-5-6-16(12-17)14-8-10-15(11-9-14)18(20)19(3)4/h5-13H,1-4H3. The summed E-state index contributed by atoms with van der Waals surface area (Å²) in [7, 11) is 3.51. The van der Waals surface area contributed by atoms with Gasteiger partial charge in [0.05, 0.1) is 6.10 Å². The van der Waals surface area contributed by atoms with Gasteiger partial charge in [-0.3, -0.25) is 4.79 Å². The van der Waals surface area contributed by atoms with Crippen molar-refractivity contribution >= 4 is 5.91 Å². The molecular formula is C18H21NO2. The zero-order valence-corrected chi connectivity index (χ0v) is 13.0. The van der Waals surface area contributed by atoms with Crippen LogP contribution in [0, 0.1) is 0 Å². The minimum atomic E-state index is 0.0124. The van der Waals surface area contributed by atoms with E-state index >= 15 is 0 Å². The van der Waals surface area contributed by atoms with Crippen LogP contribution in [0.2, 0.25) is 0 Å². The molecule has 2 rings (SSSR count). The summed E-state index contributed by atoms with van der Waals surface area (Å²) in [4.78, 5) is 13.4. The summed E-state index contributed by atoms with van der Waals surface area (Å²) < 4.78 is 5.71.